The highest BCUT2D eigenvalue weighted by molar-refractivity contribution is 5.76. The summed E-state index contributed by atoms with van der Waals surface area (Å²) in [5.41, 5.74) is 0.543. The van der Waals surface area contributed by atoms with E-state index in [1.54, 1.807) is 23.1 Å². The largest absolute Gasteiger partial charge is 0.381 e. The van der Waals surface area contributed by atoms with E-state index in [-0.39, 0.29) is 11.7 Å². The summed E-state index contributed by atoms with van der Waals surface area (Å²) in [4.78, 5) is 15.9. The maximum atomic E-state index is 13.7. The number of hydrogen-bond acceptors (Lipinski definition) is 3. The first-order valence-electron chi connectivity index (χ1n) is 7.28. The van der Waals surface area contributed by atoms with Gasteiger partial charge in [0.05, 0.1) is 13.0 Å². The number of benzene rings is 1. The highest BCUT2D eigenvalue weighted by atomic mass is 19.1. The van der Waals surface area contributed by atoms with Crippen LogP contribution in [-0.4, -0.2) is 56.1 Å². The van der Waals surface area contributed by atoms with Gasteiger partial charge in [0.1, 0.15) is 5.82 Å². The van der Waals surface area contributed by atoms with Gasteiger partial charge in [-0.1, -0.05) is 18.2 Å². The Labute approximate surface area is 126 Å². The van der Waals surface area contributed by atoms with E-state index in [9.17, 15) is 9.18 Å². The molecule has 1 amide bonds. The molecular formula is C16H25FN2O2. The van der Waals surface area contributed by atoms with Gasteiger partial charge in [0.2, 0.25) is 5.91 Å². The van der Waals surface area contributed by atoms with Crippen molar-refractivity contribution in [3.63, 3.8) is 0 Å². The summed E-state index contributed by atoms with van der Waals surface area (Å²) < 4.78 is 19.0. The Bertz CT molecular complexity index is 438. The molecule has 4 nitrogen and oxygen atoms in total. The maximum absolute atomic E-state index is 13.7. The van der Waals surface area contributed by atoms with E-state index < -0.39 is 0 Å². The molecule has 0 aliphatic heterocycles. The van der Waals surface area contributed by atoms with E-state index in [4.69, 9.17) is 4.74 Å². The molecule has 0 fully saturated rings. The minimum absolute atomic E-state index is 0.00597. The second-order valence-electron chi connectivity index (χ2n) is 5.16. The van der Waals surface area contributed by atoms with E-state index in [0.717, 1.165) is 6.54 Å². The molecule has 0 spiro atoms. The second-order valence-corrected chi connectivity index (χ2v) is 5.16. The van der Waals surface area contributed by atoms with Crippen molar-refractivity contribution in [3.8, 4) is 0 Å². The van der Waals surface area contributed by atoms with Gasteiger partial charge in [-0.3, -0.25) is 4.79 Å². The minimum Gasteiger partial charge on any atom is -0.381 e. The summed E-state index contributed by atoms with van der Waals surface area (Å²) in [5.74, 6) is -0.279. The van der Waals surface area contributed by atoms with Crippen molar-refractivity contribution in [3.05, 3.63) is 35.6 Å². The summed E-state index contributed by atoms with van der Waals surface area (Å²) >= 11 is 0. The number of carbonyl (C=O) groups is 1. The van der Waals surface area contributed by atoms with Crippen LogP contribution >= 0.6 is 0 Å². The zero-order valence-corrected chi connectivity index (χ0v) is 13.1. The van der Waals surface area contributed by atoms with Crippen molar-refractivity contribution < 1.29 is 13.9 Å². The predicted octanol–water partition coefficient (Wildman–Crippen LogP) is 2.14. The number of carbonyl (C=O) groups excluding carboxylic acids is 1. The van der Waals surface area contributed by atoms with Gasteiger partial charge in [-0.25, -0.2) is 4.39 Å². The van der Waals surface area contributed by atoms with Crippen LogP contribution in [-0.2, 0) is 16.1 Å². The van der Waals surface area contributed by atoms with E-state index in [1.165, 1.54) is 6.07 Å². The molecule has 0 radical (unpaired) electrons. The summed E-state index contributed by atoms with van der Waals surface area (Å²) in [5, 5.41) is 0. The molecular weight excluding hydrogens is 271 g/mol. The number of ether oxygens (including phenoxy) is 1. The fraction of sp³-hybridized carbons (Fsp3) is 0.562. The van der Waals surface area contributed by atoms with Gasteiger partial charge in [0, 0.05) is 31.8 Å². The van der Waals surface area contributed by atoms with Crippen LogP contribution < -0.4 is 0 Å². The van der Waals surface area contributed by atoms with Crippen LogP contribution in [0, 0.1) is 5.82 Å². The van der Waals surface area contributed by atoms with Gasteiger partial charge in [-0.2, -0.15) is 0 Å². The quantitative estimate of drug-likeness (QED) is 0.655. The molecule has 1 aromatic carbocycles. The molecule has 1 rings (SSSR count). The van der Waals surface area contributed by atoms with E-state index in [2.05, 4.69) is 0 Å². The Morgan fingerprint density at radius 3 is 2.57 bits per heavy atom. The first-order chi connectivity index (χ1) is 10.0. The monoisotopic (exact) mass is 296 g/mol. The molecule has 0 saturated heterocycles. The molecule has 0 aromatic heterocycles. The Kier molecular flexibility index (Phi) is 7.93. The number of amides is 1. The van der Waals surface area contributed by atoms with Crippen LogP contribution in [0.25, 0.3) is 0 Å². The van der Waals surface area contributed by atoms with Gasteiger partial charge >= 0.3 is 0 Å². The zero-order chi connectivity index (χ0) is 15.7. The second kappa shape index (κ2) is 9.47. The SMILES string of the molecule is CCOCCC(=O)N(CCN(C)C)Cc1ccccc1F. The van der Waals surface area contributed by atoms with Crippen molar-refractivity contribution in [1.82, 2.24) is 9.80 Å². The van der Waals surface area contributed by atoms with E-state index in [1.807, 2.05) is 25.9 Å². The average Bonchev–Trinajstić information content (AvgIpc) is 2.45. The smallest absolute Gasteiger partial charge is 0.225 e. The molecule has 0 saturated carbocycles. The van der Waals surface area contributed by atoms with Crippen LogP contribution in [0.15, 0.2) is 24.3 Å². The fourth-order valence-corrected chi connectivity index (χ4v) is 1.91. The molecule has 1 aromatic rings. The van der Waals surface area contributed by atoms with Crippen LogP contribution in [0.2, 0.25) is 0 Å². The molecule has 21 heavy (non-hydrogen) atoms. The third-order valence-electron chi connectivity index (χ3n) is 3.15. The molecule has 0 unspecified atom stereocenters. The highest BCUT2D eigenvalue weighted by Crippen LogP contribution is 2.11. The highest BCUT2D eigenvalue weighted by Gasteiger charge is 2.15. The Morgan fingerprint density at radius 1 is 1.24 bits per heavy atom. The lowest BCUT2D eigenvalue weighted by molar-refractivity contribution is -0.133. The van der Waals surface area contributed by atoms with Crippen molar-refractivity contribution in [2.75, 3.05) is 40.4 Å². The topological polar surface area (TPSA) is 32.8 Å². The van der Waals surface area contributed by atoms with Crippen LogP contribution in [0.3, 0.4) is 0 Å². The van der Waals surface area contributed by atoms with Crippen molar-refractivity contribution in [1.29, 1.82) is 0 Å². The maximum Gasteiger partial charge on any atom is 0.225 e. The van der Waals surface area contributed by atoms with Crippen LogP contribution in [0.1, 0.15) is 18.9 Å². The number of rotatable bonds is 9. The first-order valence-corrected chi connectivity index (χ1v) is 7.28. The normalized spacial score (nSPS) is 10.9. The van der Waals surface area contributed by atoms with E-state index in [0.29, 0.717) is 38.3 Å². The van der Waals surface area contributed by atoms with Gasteiger partial charge in [-0.15, -0.1) is 0 Å². The Morgan fingerprint density at radius 2 is 1.95 bits per heavy atom. The van der Waals surface area contributed by atoms with Crippen molar-refractivity contribution in [2.45, 2.75) is 19.9 Å². The average molecular weight is 296 g/mol. The first kappa shape index (κ1) is 17.6. The molecule has 5 heteroatoms. The van der Waals surface area contributed by atoms with Crippen molar-refractivity contribution in [2.24, 2.45) is 0 Å². The van der Waals surface area contributed by atoms with Crippen LogP contribution in [0.4, 0.5) is 4.39 Å². The lowest BCUT2D eigenvalue weighted by Gasteiger charge is -2.25. The fourth-order valence-electron chi connectivity index (χ4n) is 1.91. The molecule has 0 atom stereocenters. The zero-order valence-electron chi connectivity index (χ0n) is 13.1. The van der Waals surface area contributed by atoms with E-state index >= 15 is 0 Å². The standard InChI is InChI=1S/C16H25FN2O2/c1-4-21-12-9-16(20)19(11-10-18(2)3)13-14-7-5-6-8-15(14)17/h5-8H,4,9-13H2,1-3H3. The number of nitrogens with zero attached hydrogens (tertiary/aromatic N) is 2. The van der Waals surface area contributed by atoms with Crippen molar-refractivity contribution >= 4 is 5.91 Å². The molecule has 118 valence electrons. The predicted molar refractivity (Wildman–Crippen MR) is 81.5 cm³/mol. The Hall–Kier alpha value is -1.46. The summed E-state index contributed by atoms with van der Waals surface area (Å²) in [6.07, 6.45) is 0.329. The number of halogens is 1. The molecule has 0 aliphatic rings. The summed E-state index contributed by atoms with van der Waals surface area (Å²) in [6.45, 7) is 4.52. The third kappa shape index (κ3) is 6.69. The number of hydrogen-bond donors (Lipinski definition) is 0. The van der Waals surface area contributed by atoms with Gasteiger partial charge < -0.3 is 14.5 Å². The molecule has 0 heterocycles. The molecule has 0 N–H and O–H groups in total. The van der Waals surface area contributed by atoms with Gasteiger partial charge in [-0.05, 0) is 27.1 Å². The summed E-state index contributed by atoms with van der Waals surface area (Å²) in [7, 11) is 3.90. The lowest BCUT2D eigenvalue weighted by atomic mass is 10.2. The summed E-state index contributed by atoms with van der Waals surface area (Å²) in [6, 6.07) is 6.57. The Balaban J connectivity index is 2.67. The van der Waals surface area contributed by atoms with Gasteiger partial charge in [0.15, 0.2) is 0 Å². The number of likely N-dealkylation sites (N-methyl/N-ethyl adjacent to an activating group) is 1. The van der Waals surface area contributed by atoms with Crippen LogP contribution in [0.5, 0.6) is 0 Å². The van der Waals surface area contributed by atoms with Gasteiger partial charge in [0.25, 0.3) is 0 Å². The minimum atomic E-state index is -0.273. The lowest BCUT2D eigenvalue weighted by Crippen LogP contribution is -2.36. The molecule has 0 bridgehead atoms. The third-order valence-corrected chi connectivity index (χ3v) is 3.15. The molecule has 0 aliphatic carbocycles.